The maximum atomic E-state index is 13.2. The highest BCUT2D eigenvalue weighted by Gasteiger charge is 2.32. The molecule has 3 aromatic heterocycles. The summed E-state index contributed by atoms with van der Waals surface area (Å²) in [5.41, 5.74) is 4.25. The Hall–Kier alpha value is -4.07. The number of benzene rings is 1. The van der Waals surface area contributed by atoms with Gasteiger partial charge in [-0.15, -0.1) is 0 Å². The van der Waals surface area contributed by atoms with Crippen LogP contribution in [0, 0.1) is 12.8 Å². The van der Waals surface area contributed by atoms with Crippen LogP contribution in [-0.4, -0.2) is 56.2 Å². The molecule has 6 rings (SSSR count). The van der Waals surface area contributed by atoms with Crippen LogP contribution in [-0.2, 0) is 34.7 Å². The van der Waals surface area contributed by atoms with E-state index in [2.05, 4.69) is 35.9 Å². The van der Waals surface area contributed by atoms with Crippen molar-refractivity contribution < 1.29 is 13.2 Å². The van der Waals surface area contributed by atoms with E-state index < -0.39 is 10.0 Å². The molecule has 43 heavy (non-hydrogen) atoms. The lowest BCUT2D eigenvalue weighted by Gasteiger charge is -2.30. The van der Waals surface area contributed by atoms with E-state index in [1.165, 1.54) is 10.5 Å². The first-order chi connectivity index (χ1) is 20.6. The lowest BCUT2D eigenvalue weighted by Crippen LogP contribution is -2.39. The lowest BCUT2D eigenvalue weighted by molar-refractivity contribution is -0.117. The number of anilines is 5. The predicted molar refractivity (Wildman–Crippen MR) is 164 cm³/mol. The zero-order chi connectivity index (χ0) is 30.1. The Morgan fingerprint density at radius 1 is 1.07 bits per heavy atom. The van der Waals surface area contributed by atoms with Crippen molar-refractivity contribution in [3.8, 4) is 0 Å². The van der Waals surface area contributed by atoms with Crippen LogP contribution in [0.15, 0.2) is 54.1 Å². The van der Waals surface area contributed by atoms with Gasteiger partial charge in [-0.1, -0.05) is 11.6 Å². The number of fused-ring (bicyclic) bond motifs is 6. The zero-order valence-corrected chi connectivity index (χ0v) is 25.4. The summed E-state index contributed by atoms with van der Waals surface area (Å²) in [5.74, 6) is 1.47. The van der Waals surface area contributed by atoms with Gasteiger partial charge >= 0.3 is 0 Å². The standard InChI is InChI=1S/C29H32ClN9O3S/c1-18-33-27(17-38(18)2)43(41,42)39-9-7-19(8-10-39)12-26(40)36-25-6-5-22-13-21(25)4-3-20-11-23(15-31-14-20)35-29-32-16-24(30)28(34-22)37-29/h5-6,11,13-17,19H,3-4,7-10,12H2,1-2H3,(H,36,40)(H2,32,34,35,37). The fourth-order valence-electron chi connectivity index (χ4n) is 5.35. The van der Waals surface area contributed by atoms with Gasteiger partial charge in [-0.25, -0.2) is 18.4 Å². The topological polar surface area (TPSA) is 147 Å². The number of aromatic nitrogens is 5. The second-order valence-corrected chi connectivity index (χ2v) is 13.2. The third-order valence-corrected chi connectivity index (χ3v) is 9.91. The number of halogens is 1. The molecule has 12 nitrogen and oxygen atoms in total. The minimum atomic E-state index is -3.66. The Kier molecular flexibility index (Phi) is 8.03. The third-order valence-electron chi connectivity index (χ3n) is 7.86. The van der Waals surface area contributed by atoms with Gasteiger partial charge < -0.3 is 20.5 Å². The van der Waals surface area contributed by atoms with Gasteiger partial charge in [0.2, 0.25) is 11.9 Å². The number of hydrogen-bond acceptors (Lipinski definition) is 9. The van der Waals surface area contributed by atoms with Crippen molar-refractivity contribution in [2.75, 3.05) is 29.0 Å². The number of amides is 1. The van der Waals surface area contributed by atoms with Crippen LogP contribution >= 0.6 is 11.6 Å². The quantitative estimate of drug-likeness (QED) is 0.291. The van der Waals surface area contributed by atoms with Crippen molar-refractivity contribution in [3.63, 3.8) is 0 Å². The molecule has 6 bridgehead atoms. The first-order valence-corrected chi connectivity index (χ1v) is 15.9. The SMILES string of the molecule is Cc1nc(S(=O)(=O)N2CCC(CC(=O)Nc3ccc4cc3CCc3cncc(c3)Nc3ncc(Cl)c(n3)N4)CC2)cn1C. The molecule has 3 N–H and O–H groups in total. The molecular formula is C29H32ClN9O3S. The number of piperidine rings is 1. The van der Waals surface area contributed by atoms with Crippen LogP contribution in [0.1, 0.15) is 36.2 Å². The first-order valence-electron chi connectivity index (χ1n) is 14.1. The van der Waals surface area contributed by atoms with Gasteiger partial charge in [-0.05, 0) is 73.9 Å². The fraction of sp³-hybridized carbons (Fsp3) is 0.345. The van der Waals surface area contributed by atoms with E-state index in [0.717, 1.165) is 28.2 Å². The van der Waals surface area contributed by atoms with E-state index in [9.17, 15) is 13.2 Å². The summed E-state index contributed by atoms with van der Waals surface area (Å²) >= 11 is 6.37. The third kappa shape index (κ3) is 6.48. The molecule has 5 heterocycles. The summed E-state index contributed by atoms with van der Waals surface area (Å²) in [6.07, 6.45) is 9.49. The van der Waals surface area contributed by atoms with Crippen molar-refractivity contribution in [1.29, 1.82) is 0 Å². The summed E-state index contributed by atoms with van der Waals surface area (Å²) in [6.45, 7) is 2.49. The molecule has 14 heteroatoms. The van der Waals surface area contributed by atoms with Gasteiger partial charge in [0.15, 0.2) is 10.8 Å². The number of pyridine rings is 1. The number of nitrogens with zero attached hydrogens (tertiary/aromatic N) is 6. The highest BCUT2D eigenvalue weighted by Crippen LogP contribution is 2.30. The van der Waals surface area contributed by atoms with Crippen LogP contribution in [0.3, 0.4) is 0 Å². The number of carbonyl (C=O) groups is 1. The highest BCUT2D eigenvalue weighted by molar-refractivity contribution is 7.89. The highest BCUT2D eigenvalue weighted by atomic mass is 35.5. The number of aryl methyl sites for hydroxylation is 4. The largest absolute Gasteiger partial charge is 0.339 e. The lowest BCUT2D eigenvalue weighted by atomic mass is 9.94. The molecule has 0 spiro atoms. The smallest absolute Gasteiger partial charge is 0.262 e. The number of rotatable bonds is 5. The number of sulfonamides is 1. The molecule has 1 amide bonds. The Bertz CT molecular complexity index is 1770. The molecule has 0 radical (unpaired) electrons. The van der Waals surface area contributed by atoms with E-state index in [-0.39, 0.29) is 16.9 Å². The van der Waals surface area contributed by atoms with Crippen LogP contribution in [0.2, 0.25) is 5.02 Å². The maximum Gasteiger partial charge on any atom is 0.262 e. The van der Waals surface area contributed by atoms with Crippen LogP contribution in [0.25, 0.3) is 0 Å². The molecule has 0 atom stereocenters. The van der Waals surface area contributed by atoms with Gasteiger partial charge in [0, 0.05) is 50.3 Å². The number of hydrogen-bond donors (Lipinski definition) is 3. The van der Waals surface area contributed by atoms with Crippen molar-refractivity contribution in [2.45, 2.75) is 44.1 Å². The molecule has 2 aliphatic heterocycles. The molecular weight excluding hydrogens is 590 g/mol. The summed E-state index contributed by atoms with van der Waals surface area (Å²) in [4.78, 5) is 30.5. The van der Waals surface area contributed by atoms with Crippen LogP contribution < -0.4 is 16.0 Å². The van der Waals surface area contributed by atoms with E-state index in [0.29, 0.717) is 67.8 Å². The van der Waals surface area contributed by atoms with Crippen molar-refractivity contribution in [3.05, 3.63) is 71.0 Å². The second kappa shape index (κ2) is 11.9. The Morgan fingerprint density at radius 3 is 2.65 bits per heavy atom. The zero-order valence-electron chi connectivity index (χ0n) is 23.8. The van der Waals surface area contributed by atoms with E-state index in [4.69, 9.17) is 11.6 Å². The monoisotopic (exact) mass is 621 g/mol. The fourth-order valence-corrected chi connectivity index (χ4v) is 6.99. The predicted octanol–water partition coefficient (Wildman–Crippen LogP) is 4.58. The summed E-state index contributed by atoms with van der Waals surface area (Å²) < 4.78 is 29.3. The minimum Gasteiger partial charge on any atom is -0.339 e. The normalized spacial score (nSPS) is 15.8. The average molecular weight is 622 g/mol. The van der Waals surface area contributed by atoms with Crippen molar-refractivity contribution in [1.82, 2.24) is 28.8 Å². The molecule has 1 fully saturated rings. The summed E-state index contributed by atoms with van der Waals surface area (Å²) in [6, 6.07) is 7.73. The second-order valence-electron chi connectivity index (χ2n) is 10.9. The van der Waals surface area contributed by atoms with Gasteiger partial charge in [-0.3, -0.25) is 9.78 Å². The van der Waals surface area contributed by atoms with Gasteiger partial charge in [0.05, 0.1) is 18.1 Å². The van der Waals surface area contributed by atoms with E-state index >= 15 is 0 Å². The Balaban J connectivity index is 1.14. The average Bonchev–Trinajstić information content (AvgIpc) is 3.33. The molecule has 1 aromatic carbocycles. The van der Waals surface area contributed by atoms with Crippen molar-refractivity contribution in [2.24, 2.45) is 13.0 Å². The number of carbonyl (C=O) groups excluding carboxylic acids is 1. The summed E-state index contributed by atoms with van der Waals surface area (Å²) in [7, 11) is -1.88. The molecule has 224 valence electrons. The minimum absolute atomic E-state index is 0.0666. The molecule has 0 saturated carbocycles. The van der Waals surface area contributed by atoms with Crippen LogP contribution in [0.5, 0.6) is 0 Å². The van der Waals surface area contributed by atoms with Crippen molar-refractivity contribution >= 4 is 56.4 Å². The van der Waals surface area contributed by atoms with Gasteiger partial charge in [-0.2, -0.15) is 9.29 Å². The molecule has 0 aliphatic carbocycles. The van der Waals surface area contributed by atoms with E-state index in [1.807, 2.05) is 30.5 Å². The molecule has 0 unspecified atom stereocenters. The van der Waals surface area contributed by atoms with Crippen LogP contribution in [0.4, 0.5) is 28.8 Å². The maximum absolute atomic E-state index is 13.2. The van der Waals surface area contributed by atoms with Gasteiger partial charge in [0.25, 0.3) is 10.0 Å². The number of imidazole rings is 1. The molecule has 2 aliphatic rings. The summed E-state index contributed by atoms with van der Waals surface area (Å²) in [5, 5.41) is 9.99. The Labute approximate surface area is 255 Å². The van der Waals surface area contributed by atoms with Gasteiger partial charge in [0.1, 0.15) is 10.8 Å². The molecule has 1 saturated heterocycles. The first kappa shape index (κ1) is 29.0. The molecule has 4 aromatic rings. The Morgan fingerprint density at radius 2 is 1.88 bits per heavy atom. The van der Waals surface area contributed by atoms with E-state index in [1.54, 1.807) is 30.9 Å². The number of nitrogens with one attached hydrogen (secondary N) is 3.